The van der Waals surface area contributed by atoms with Crippen molar-refractivity contribution in [1.29, 1.82) is 0 Å². The highest BCUT2D eigenvalue weighted by molar-refractivity contribution is 5.91. The number of hydrogen-bond acceptors (Lipinski definition) is 4. The van der Waals surface area contributed by atoms with E-state index in [1.165, 1.54) is 0 Å². The summed E-state index contributed by atoms with van der Waals surface area (Å²) in [6, 6.07) is 9.49. The molecule has 0 spiro atoms. The molecule has 116 valence electrons. The van der Waals surface area contributed by atoms with E-state index in [-0.39, 0.29) is 11.9 Å². The van der Waals surface area contributed by atoms with E-state index in [4.69, 9.17) is 4.42 Å². The van der Waals surface area contributed by atoms with E-state index in [0.717, 1.165) is 38.0 Å². The number of furan rings is 1. The number of carbonyl (C=O) groups is 1. The Hall–Kier alpha value is -2.14. The molecule has 1 atom stereocenters. The Morgan fingerprint density at radius 2 is 2.23 bits per heavy atom. The Morgan fingerprint density at radius 1 is 1.27 bits per heavy atom. The van der Waals surface area contributed by atoms with Crippen molar-refractivity contribution in [2.75, 3.05) is 13.1 Å². The summed E-state index contributed by atoms with van der Waals surface area (Å²) in [5.74, 6) is 0.343. The van der Waals surface area contributed by atoms with E-state index in [1.54, 1.807) is 24.6 Å². The minimum absolute atomic E-state index is 0.0532. The summed E-state index contributed by atoms with van der Waals surface area (Å²) in [6.45, 7) is 2.47. The summed E-state index contributed by atoms with van der Waals surface area (Å²) < 4.78 is 5.31. The van der Waals surface area contributed by atoms with Crippen LogP contribution in [0.5, 0.6) is 0 Å². The Balaban J connectivity index is 1.82. The molecule has 1 aliphatic heterocycles. The van der Waals surface area contributed by atoms with Gasteiger partial charge in [-0.3, -0.25) is 9.78 Å². The van der Waals surface area contributed by atoms with Gasteiger partial charge in [-0.1, -0.05) is 6.07 Å². The van der Waals surface area contributed by atoms with Gasteiger partial charge in [-0.15, -0.1) is 0 Å². The first kappa shape index (κ1) is 14.8. The van der Waals surface area contributed by atoms with E-state index in [0.29, 0.717) is 12.3 Å². The third kappa shape index (κ3) is 3.54. The summed E-state index contributed by atoms with van der Waals surface area (Å²) in [7, 11) is 0. The first-order valence-electron chi connectivity index (χ1n) is 7.79. The van der Waals surface area contributed by atoms with Crippen LogP contribution in [0.15, 0.2) is 47.2 Å². The Bertz CT molecular complexity index is 575. The van der Waals surface area contributed by atoms with Crippen molar-refractivity contribution in [3.05, 3.63) is 54.2 Å². The molecule has 0 saturated carbocycles. The van der Waals surface area contributed by atoms with Gasteiger partial charge < -0.3 is 14.6 Å². The van der Waals surface area contributed by atoms with Crippen molar-refractivity contribution < 1.29 is 9.21 Å². The first-order chi connectivity index (χ1) is 10.8. The summed E-state index contributed by atoms with van der Waals surface area (Å²) >= 11 is 0. The van der Waals surface area contributed by atoms with Gasteiger partial charge in [0.1, 0.15) is 0 Å². The van der Waals surface area contributed by atoms with Gasteiger partial charge in [0.25, 0.3) is 5.91 Å². The third-order valence-corrected chi connectivity index (χ3v) is 4.04. The second kappa shape index (κ2) is 7.22. The number of hydrogen-bond donors (Lipinski definition) is 1. The molecular formula is C17H21N3O2. The molecule has 5 heteroatoms. The third-order valence-electron chi connectivity index (χ3n) is 4.04. The largest absolute Gasteiger partial charge is 0.459 e. The molecule has 1 amide bonds. The Kier molecular flexibility index (Phi) is 4.85. The predicted molar refractivity (Wildman–Crippen MR) is 83.3 cm³/mol. The number of amides is 1. The van der Waals surface area contributed by atoms with Crippen molar-refractivity contribution >= 4 is 5.91 Å². The first-order valence-corrected chi connectivity index (χ1v) is 7.79. The second-order valence-electron chi connectivity index (χ2n) is 5.57. The topological polar surface area (TPSA) is 58.4 Å². The van der Waals surface area contributed by atoms with Crippen molar-refractivity contribution in [1.82, 2.24) is 15.2 Å². The Morgan fingerprint density at radius 3 is 3.00 bits per heavy atom. The molecule has 0 unspecified atom stereocenters. The van der Waals surface area contributed by atoms with E-state index < -0.39 is 0 Å². The van der Waals surface area contributed by atoms with Gasteiger partial charge in [0.2, 0.25) is 0 Å². The molecule has 1 fully saturated rings. The van der Waals surface area contributed by atoms with E-state index in [9.17, 15) is 4.79 Å². The fourth-order valence-corrected chi connectivity index (χ4v) is 2.89. The van der Waals surface area contributed by atoms with Crippen molar-refractivity contribution in [2.45, 2.75) is 31.8 Å². The molecule has 1 aliphatic rings. The lowest BCUT2D eigenvalue weighted by Crippen LogP contribution is -2.40. The average molecular weight is 299 g/mol. The maximum absolute atomic E-state index is 12.8. The fraction of sp³-hybridized carbons (Fsp3) is 0.412. The fourth-order valence-electron chi connectivity index (χ4n) is 2.89. The molecule has 22 heavy (non-hydrogen) atoms. The van der Waals surface area contributed by atoms with Crippen LogP contribution >= 0.6 is 0 Å². The lowest BCUT2D eigenvalue weighted by Gasteiger charge is -2.30. The van der Waals surface area contributed by atoms with Crippen LogP contribution < -0.4 is 5.32 Å². The highest BCUT2D eigenvalue weighted by atomic mass is 16.3. The van der Waals surface area contributed by atoms with Crippen LogP contribution in [0.25, 0.3) is 0 Å². The molecule has 1 saturated heterocycles. The summed E-state index contributed by atoms with van der Waals surface area (Å²) in [5.41, 5.74) is 0.902. The van der Waals surface area contributed by atoms with Gasteiger partial charge in [-0.2, -0.15) is 0 Å². The highest BCUT2D eigenvalue weighted by Gasteiger charge is 2.27. The smallest absolute Gasteiger partial charge is 0.290 e. The van der Waals surface area contributed by atoms with Crippen molar-refractivity contribution in [3.63, 3.8) is 0 Å². The number of rotatable bonds is 4. The predicted octanol–water partition coefficient (Wildman–Crippen LogP) is 2.46. The standard InChI is InChI=1S/C17H21N3O2/c21-17(16-7-4-12-22-16)20(13-14-5-1-2-10-19-14)15-6-3-9-18-11-8-15/h1-2,4-5,7,10,12,15,18H,3,6,8-9,11,13H2/t15-/m0/s1. The van der Waals surface area contributed by atoms with Gasteiger partial charge in [-0.25, -0.2) is 0 Å². The number of pyridine rings is 1. The van der Waals surface area contributed by atoms with Crippen LogP contribution in [0.2, 0.25) is 0 Å². The maximum atomic E-state index is 12.8. The lowest BCUT2D eigenvalue weighted by atomic mass is 10.1. The molecule has 2 aromatic rings. The monoisotopic (exact) mass is 299 g/mol. The molecule has 3 rings (SSSR count). The van der Waals surface area contributed by atoms with E-state index in [1.807, 2.05) is 23.1 Å². The molecule has 0 aliphatic carbocycles. The van der Waals surface area contributed by atoms with Gasteiger partial charge in [0, 0.05) is 12.2 Å². The number of nitrogens with one attached hydrogen (secondary N) is 1. The van der Waals surface area contributed by atoms with Crippen LogP contribution in [-0.4, -0.2) is 34.9 Å². The zero-order valence-corrected chi connectivity index (χ0v) is 12.6. The van der Waals surface area contributed by atoms with Gasteiger partial charge in [-0.05, 0) is 56.6 Å². The summed E-state index contributed by atoms with van der Waals surface area (Å²) in [4.78, 5) is 19.1. The van der Waals surface area contributed by atoms with Crippen LogP contribution in [-0.2, 0) is 6.54 Å². The molecule has 0 radical (unpaired) electrons. The molecule has 0 aromatic carbocycles. The average Bonchev–Trinajstić information content (AvgIpc) is 2.96. The van der Waals surface area contributed by atoms with Gasteiger partial charge >= 0.3 is 0 Å². The quantitative estimate of drug-likeness (QED) is 0.942. The number of nitrogens with zero attached hydrogens (tertiary/aromatic N) is 2. The van der Waals surface area contributed by atoms with Crippen LogP contribution in [0.1, 0.15) is 35.5 Å². The molecule has 1 N–H and O–H groups in total. The van der Waals surface area contributed by atoms with Crippen LogP contribution in [0.3, 0.4) is 0 Å². The Labute approximate surface area is 130 Å². The van der Waals surface area contributed by atoms with Gasteiger partial charge in [0.15, 0.2) is 5.76 Å². The summed E-state index contributed by atoms with van der Waals surface area (Å²) in [6.07, 6.45) is 6.35. The van der Waals surface area contributed by atoms with Crippen molar-refractivity contribution in [2.24, 2.45) is 0 Å². The van der Waals surface area contributed by atoms with E-state index >= 15 is 0 Å². The minimum Gasteiger partial charge on any atom is -0.459 e. The molecule has 2 aromatic heterocycles. The zero-order chi connectivity index (χ0) is 15.2. The molecule has 0 bridgehead atoms. The zero-order valence-electron chi connectivity index (χ0n) is 12.6. The summed E-state index contributed by atoms with van der Waals surface area (Å²) in [5, 5.41) is 3.39. The maximum Gasteiger partial charge on any atom is 0.290 e. The molecular weight excluding hydrogens is 278 g/mol. The minimum atomic E-state index is -0.0532. The van der Waals surface area contributed by atoms with Crippen molar-refractivity contribution in [3.8, 4) is 0 Å². The molecule has 5 nitrogen and oxygen atoms in total. The van der Waals surface area contributed by atoms with Crippen LogP contribution in [0, 0.1) is 0 Å². The lowest BCUT2D eigenvalue weighted by molar-refractivity contribution is 0.0609. The highest BCUT2D eigenvalue weighted by Crippen LogP contribution is 2.19. The van der Waals surface area contributed by atoms with Gasteiger partial charge in [0.05, 0.1) is 18.5 Å². The molecule has 3 heterocycles. The van der Waals surface area contributed by atoms with E-state index in [2.05, 4.69) is 10.3 Å². The SMILES string of the molecule is O=C(c1ccco1)N(Cc1ccccn1)[C@H]1CCCNCC1. The normalized spacial score (nSPS) is 18.6. The van der Waals surface area contributed by atoms with Crippen LogP contribution in [0.4, 0.5) is 0 Å². The number of carbonyl (C=O) groups excluding carboxylic acids is 1. The number of aromatic nitrogens is 1. The second-order valence-corrected chi connectivity index (χ2v) is 5.57.